The van der Waals surface area contributed by atoms with Crippen molar-refractivity contribution in [2.45, 2.75) is 19.4 Å². The summed E-state index contributed by atoms with van der Waals surface area (Å²) in [6.07, 6.45) is 2.71. The second-order valence-electron chi connectivity index (χ2n) is 6.44. The number of hydrogen-bond donors (Lipinski definition) is 3. The van der Waals surface area contributed by atoms with Gasteiger partial charge in [0.05, 0.1) is 5.52 Å². The largest absolute Gasteiger partial charge is 0.352 e. The van der Waals surface area contributed by atoms with E-state index in [9.17, 15) is 9.59 Å². The lowest BCUT2D eigenvalue weighted by atomic mass is 10.1. The van der Waals surface area contributed by atoms with Crippen LogP contribution in [0.2, 0.25) is 0 Å². The maximum absolute atomic E-state index is 11.9. The number of pyridine rings is 1. The zero-order valence-corrected chi connectivity index (χ0v) is 15.7. The zero-order valence-electron chi connectivity index (χ0n) is 15.7. The number of nitrogens with one attached hydrogen (secondary N) is 3. The number of para-hydroxylation sites is 1. The fraction of sp³-hybridized carbons (Fsp3) is 0.227. The molecule has 1 heterocycles. The van der Waals surface area contributed by atoms with Crippen LogP contribution >= 0.6 is 0 Å². The van der Waals surface area contributed by atoms with Crippen LogP contribution in [0.4, 0.5) is 4.79 Å². The van der Waals surface area contributed by atoms with Gasteiger partial charge in [-0.15, -0.1) is 0 Å². The van der Waals surface area contributed by atoms with Crippen LogP contribution in [0.5, 0.6) is 0 Å². The van der Waals surface area contributed by atoms with Gasteiger partial charge < -0.3 is 16.0 Å². The lowest BCUT2D eigenvalue weighted by molar-refractivity contribution is -0.121. The third-order valence-electron chi connectivity index (χ3n) is 4.37. The van der Waals surface area contributed by atoms with Crippen LogP contribution in [0.25, 0.3) is 10.9 Å². The minimum atomic E-state index is -0.274. The minimum absolute atomic E-state index is 0.0917. The van der Waals surface area contributed by atoms with Crippen molar-refractivity contribution in [3.8, 4) is 0 Å². The lowest BCUT2D eigenvalue weighted by Gasteiger charge is -2.09. The van der Waals surface area contributed by atoms with E-state index in [1.165, 1.54) is 0 Å². The van der Waals surface area contributed by atoms with Gasteiger partial charge in [0, 0.05) is 37.6 Å². The third kappa shape index (κ3) is 5.81. The molecular weight excluding hydrogens is 352 g/mol. The molecule has 6 nitrogen and oxygen atoms in total. The molecule has 0 unspecified atom stereocenters. The van der Waals surface area contributed by atoms with Gasteiger partial charge in [0.15, 0.2) is 0 Å². The highest BCUT2D eigenvalue weighted by Gasteiger charge is 2.05. The van der Waals surface area contributed by atoms with Gasteiger partial charge in [0.25, 0.3) is 0 Å². The minimum Gasteiger partial charge on any atom is -0.352 e. The SMILES string of the molecule is O=C(CCNC(=O)NCCc1cccc2cccnc12)NCc1ccccc1. The quantitative estimate of drug-likeness (QED) is 0.565. The standard InChI is InChI=1S/C22H24N4O2/c27-20(26-16-17-6-2-1-3-7-17)12-15-25-22(28)24-14-11-19-9-4-8-18-10-5-13-23-21(18)19/h1-10,13H,11-12,14-16H2,(H,26,27)(H2,24,25,28). The molecule has 28 heavy (non-hydrogen) atoms. The number of urea groups is 1. The molecule has 3 N–H and O–H groups in total. The smallest absolute Gasteiger partial charge is 0.314 e. The fourth-order valence-corrected chi connectivity index (χ4v) is 2.92. The highest BCUT2D eigenvalue weighted by atomic mass is 16.2. The second kappa shape index (κ2) is 10.1. The van der Waals surface area contributed by atoms with E-state index < -0.39 is 0 Å². The predicted octanol–water partition coefficient (Wildman–Crippen LogP) is 2.78. The summed E-state index contributed by atoms with van der Waals surface area (Å²) in [7, 11) is 0. The molecule has 144 valence electrons. The first kappa shape index (κ1) is 19.4. The van der Waals surface area contributed by atoms with Crippen molar-refractivity contribution in [1.82, 2.24) is 20.9 Å². The van der Waals surface area contributed by atoms with E-state index in [1.54, 1.807) is 6.20 Å². The van der Waals surface area contributed by atoms with Crippen molar-refractivity contribution < 1.29 is 9.59 Å². The summed E-state index contributed by atoms with van der Waals surface area (Å²) in [5.41, 5.74) is 3.10. The highest BCUT2D eigenvalue weighted by molar-refractivity contribution is 5.81. The molecule has 0 aliphatic heterocycles. The van der Waals surface area contributed by atoms with Gasteiger partial charge in [0.2, 0.25) is 5.91 Å². The van der Waals surface area contributed by atoms with Gasteiger partial charge in [-0.2, -0.15) is 0 Å². The van der Waals surface area contributed by atoms with Crippen LogP contribution in [0, 0.1) is 0 Å². The maximum Gasteiger partial charge on any atom is 0.314 e. The molecule has 1 aromatic heterocycles. The summed E-state index contributed by atoms with van der Waals surface area (Å²) in [6, 6.07) is 19.4. The molecule has 2 aromatic carbocycles. The number of benzene rings is 2. The van der Waals surface area contributed by atoms with Gasteiger partial charge in [-0.05, 0) is 23.6 Å². The Bertz CT molecular complexity index is 923. The van der Waals surface area contributed by atoms with Gasteiger partial charge in [-0.3, -0.25) is 9.78 Å². The number of hydrogen-bond acceptors (Lipinski definition) is 3. The zero-order chi connectivity index (χ0) is 19.6. The lowest BCUT2D eigenvalue weighted by Crippen LogP contribution is -2.38. The van der Waals surface area contributed by atoms with Crippen molar-refractivity contribution in [2.75, 3.05) is 13.1 Å². The molecule has 0 saturated carbocycles. The third-order valence-corrected chi connectivity index (χ3v) is 4.37. The molecule has 3 aromatic rings. The summed E-state index contributed by atoms with van der Waals surface area (Å²) in [5, 5.41) is 9.45. The molecule has 0 bridgehead atoms. The Labute approximate surface area is 164 Å². The van der Waals surface area contributed by atoms with E-state index in [0.717, 1.165) is 22.0 Å². The van der Waals surface area contributed by atoms with Gasteiger partial charge in [-0.1, -0.05) is 54.6 Å². The Morgan fingerprint density at radius 3 is 2.46 bits per heavy atom. The first-order chi connectivity index (χ1) is 13.7. The van der Waals surface area contributed by atoms with Crippen LogP contribution in [-0.4, -0.2) is 30.0 Å². The Morgan fingerprint density at radius 1 is 0.821 bits per heavy atom. The van der Waals surface area contributed by atoms with E-state index in [1.807, 2.05) is 60.7 Å². The van der Waals surface area contributed by atoms with Crippen LogP contribution in [0.15, 0.2) is 66.9 Å². The van der Waals surface area contributed by atoms with Gasteiger partial charge >= 0.3 is 6.03 Å². The van der Waals surface area contributed by atoms with Crippen LogP contribution in [0.3, 0.4) is 0 Å². The first-order valence-corrected chi connectivity index (χ1v) is 9.37. The number of rotatable bonds is 8. The highest BCUT2D eigenvalue weighted by Crippen LogP contribution is 2.15. The monoisotopic (exact) mass is 376 g/mol. The van der Waals surface area contributed by atoms with E-state index in [4.69, 9.17) is 0 Å². The fourth-order valence-electron chi connectivity index (χ4n) is 2.92. The first-order valence-electron chi connectivity index (χ1n) is 9.37. The summed E-state index contributed by atoms with van der Waals surface area (Å²) in [4.78, 5) is 28.1. The molecule has 0 radical (unpaired) electrons. The average Bonchev–Trinajstić information content (AvgIpc) is 2.73. The Balaban J connectivity index is 1.33. The summed E-state index contributed by atoms with van der Waals surface area (Å²) in [6.45, 7) is 1.29. The Morgan fingerprint density at radius 2 is 1.61 bits per heavy atom. The van der Waals surface area contributed by atoms with Crippen molar-refractivity contribution in [3.05, 3.63) is 78.0 Å². The molecule has 0 spiro atoms. The summed E-state index contributed by atoms with van der Waals surface area (Å²) in [5.74, 6) is -0.0917. The summed E-state index contributed by atoms with van der Waals surface area (Å²) < 4.78 is 0. The number of carbonyl (C=O) groups is 2. The number of aromatic nitrogens is 1. The second-order valence-corrected chi connectivity index (χ2v) is 6.44. The predicted molar refractivity (Wildman–Crippen MR) is 110 cm³/mol. The van der Waals surface area contributed by atoms with Gasteiger partial charge in [0.1, 0.15) is 0 Å². The maximum atomic E-state index is 11.9. The molecule has 0 fully saturated rings. The number of nitrogens with zero attached hydrogens (tertiary/aromatic N) is 1. The van der Waals surface area contributed by atoms with Crippen LogP contribution in [0.1, 0.15) is 17.5 Å². The van der Waals surface area contributed by atoms with Gasteiger partial charge in [-0.25, -0.2) is 4.79 Å². The number of carbonyl (C=O) groups excluding carboxylic acids is 2. The van der Waals surface area contributed by atoms with E-state index in [2.05, 4.69) is 20.9 Å². The molecule has 3 rings (SSSR count). The summed E-state index contributed by atoms with van der Waals surface area (Å²) >= 11 is 0. The van der Waals surface area contributed by atoms with E-state index in [-0.39, 0.29) is 18.4 Å². The van der Waals surface area contributed by atoms with Crippen LogP contribution < -0.4 is 16.0 Å². The number of amides is 3. The molecule has 0 aliphatic carbocycles. The van der Waals surface area contributed by atoms with Crippen molar-refractivity contribution >= 4 is 22.8 Å². The van der Waals surface area contributed by atoms with Crippen molar-refractivity contribution in [2.24, 2.45) is 0 Å². The van der Waals surface area contributed by atoms with Crippen molar-refractivity contribution in [1.29, 1.82) is 0 Å². The molecule has 0 saturated heterocycles. The Kier molecular flexibility index (Phi) is 6.95. The molecule has 3 amide bonds. The molecule has 0 aliphatic rings. The van der Waals surface area contributed by atoms with Crippen LogP contribution in [-0.2, 0) is 17.8 Å². The average molecular weight is 376 g/mol. The van der Waals surface area contributed by atoms with E-state index >= 15 is 0 Å². The van der Waals surface area contributed by atoms with Crippen molar-refractivity contribution in [3.63, 3.8) is 0 Å². The van der Waals surface area contributed by atoms with E-state index in [0.29, 0.717) is 26.1 Å². The normalized spacial score (nSPS) is 10.4. The topological polar surface area (TPSA) is 83.1 Å². The molecular formula is C22H24N4O2. The molecule has 6 heteroatoms. The number of fused-ring (bicyclic) bond motifs is 1. The Hall–Kier alpha value is -3.41. The molecule has 0 atom stereocenters.